The lowest BCUT2D eigenvalue weighted by Gasteiger charge is -2.17. The maximum Gasteiger partial charge on any atom is 0.180 e. The molecule has 1 atom stereocenters. The molecule has 0 aliphatic heterocycles. The number of rotatable bonds is 6. The van der Waals surface area contributed by atoms with Crippen LogP contribution in [0.15, 0.2) is 29.2 Å². The van der Waals surface area contributed by atoms with E-state index in [1.54, 1.807) is 25.1 Å². The summed E-state index contributed by atoms with van der Waals surface area (Å²) in [4.78, 5) is 0.367. The molecule has 3 N–H and O–H groups in total. The first kappa shape index (κ1) is 14.0. The lowest BCUT2D eigenvalue weighted by molar-refractivity contribution is 0.597. The molecule has 1 aromatic carbocycles. The van der Waals surface area contributed by atoms with Crippen molar-refractivity contribution in [1.82, 2.24) is 0 Å². The number of para-hydroxylation sites is 1. The standard InChI is InChI=1S/C12H20N2O2S/c1-3-17(15,16)12-7-5-4-6-11(12)14-10(2)8-9-13/h4-7,10,14H,3,8-9,13H2,1-2H3. The Hall–Kier alpha value is -1.07. The van der Waals surface area contributed by atoms with Crippen molar-refractivity contribution in [2.24, 2.45) is 5.73 Å². The Morgan fingerprint density at radius 2 is 2.00 bits per heavy atom. The quantitative estimate of drug-likeness (QED) is 0.811. The highest BCUT2D eigenvalue weighted by atomic mass is 32.2. The van der Waals surface area contributed by atoms with Crippen LogP contribution in [-0.2, 0) is 9.84 Å². The van der Waals surface area contributed by atoms with Gasteiger partial charge in [0.25, 0.3) is 0 Å². The molecule has 1 unspecified atom stereocenters. The maximum atomic E-state index is 11.9. The van der Waals surface area contributed by atoms with Crippen molar-refractivity contribution in [1.29, 1.82) is 0 Å². The molecule has 0 aliphatic carbocycles. The van der Waals surface area contributed by atoms with Gasteiger partial charge >= 0.3 is 0 Å². The molecular formula is C12H20N2O2S. The number of hydrogen-bond donors (Lipinski definition) is 2. The SMILES string of the molecule is CCS(=O)(=O)c1ccccc1NC(C)CCN. The van der Waals surface area contributed by atoms with Gasteiger partial charge in [-0.05, 0) is 32.0 Å². The topological polar surface area (TPSA) is 72.2 Å². The summed E-state index contributed by atoms with van der Waals surface area (Å²) in [6.45, 7) is 4.22. The van der Waals surface area contributed by atoms with E-state index in [1.165, 1.54) is 0 Å². The molecule has 96 valence electrons. The van der Waals surface area contributed by atoms with E-state index in [1.807, 2.05) is 13.0 Å². The van der Waals surface area contributed by atoms with Gasteiger partial charge in [-0.3, -0.25) is 0 Å². The molecule has 0 saturated carbocycles. The number of sulfone groups is 1. The highest BCUT2D eigenvalue weighted by Gasteiger charge is 2.16. The van der Waals surface area contributed by atoms with Crippen molar-refractivity contribution in [3.8, 4) is 0 Å². The average Bonchev–Trinajstić information content (AvgIpc) is 2.30. The van der Waals surface area contributed by atoms with Gasteiger partial charge in [-0.2, -0.15) is 0 Å². The van der Waals surface area contributed by atoms with Crippen molar-refractivity contribution in [3.05, 3.63) is 24.3 Å². The van der Waals surface area contributed by atoms with Crippen molar-refractivity contribution in [2.45, 2.75) is 31.2 Å². The summed E-state index contributed by atoms with van der Waals surface area (Å²) in [6, 6.07) is 7.15. The number of nitrogens with one attached hydrogen (secondary N) is 1. The molecule has 0 amide bonds. The molecule has 5 heteroatoms. The van der Waals surface area contributed by atoms with Crippen LogP contribution in [0.2, 0.25) is 0 Å². The summed E-state index contributed by atoms with van der Waals surface area (Å²) in [5.74, 6) is 0.108. The Morgan fingerprint density at radius 3 is 2.59 bits per heavy atom. The third-order valence-corrected chi connectivity index (χ3v) is 4.39. The fourth-order valence-corrected chi connectivity index (χ4v) is 2.66. The number of anilines is 1. The Labute approximate surface area is 103 Å². The molecule has 0 heterocycles. The third kappa shape index (κ3) is 3.71. The first-order valence-corrected chi connectivity index (χ1v) is 7.45. The van der Waals surface area contributed by atoms with Crippen LogP contribution < -0.4 is 11.1 Å². The lowest BCUT2D eigenvalue weighted by Crippen LogP contribution is -2.21. The largest absolute Gasteiger partial charge is 0.381 e. The molecule has 0 bridgehead atoms. The van der Waals surface area contributed by atoms with Gasteiger partial charge in [0.05, 0.1) is 16.3 Å². The van der Waals surface area contributed by atoms with Gasteiger partial charge in [0.2, 0.25) is 0 Å². The molecule has 0 aliphatic rings. The number of hydrogen-bond acceptors (Lipinski definition) is 4. The van der Waals surface area contributed by atoms with Crippen LogP contribution in [0, 0.1) is 0 Å². The lowest BCUT2D eigenvalue weighted by atomic mass is 10.2. The minimum atomic E-state index is -3.18. The minimum absolute atomic E-state index is 0.108. The Balaban J connectivity index is 3.01. The summed E-state index contributed by atoms with van der Waals surface area (Å²) < 4.78 is 23.8. The molecular weight excluding hydrogens is 236 g/mol. The van der Waals surface area contributed by atoms with Crippen molar-refractivity contribution in [3.63, 3.8) is 0 Å². The van der Waals surface area contributed by atoms with Crippen LogP contribution in [0.4, 0.5) is 5.69 Å². The molecule has 1 aromatic rings. The van der Waals surface area contributed by atoms with Crippen molar-refractivity contribution in [2.75, 3.05) is 17.6 Å². The Morgan fingerprint density at radius 1 is 1.35 bits per heavy atom. The molecule has 0 radical (unpaired) electrons. The van der Waals surface area contributed by atoms with Crippen LogP contribution in [0.5, 0.6) is 0 Å². The first-order valence-electron chi connectivity index (χ1n) is 5.79. The third-order valence-electron chi connectivity index (χ3n) is 2.60. The number of nitrogens with two attached hydrogens (primary N) is 1. The molecule has 0 saturated heterocycles. The first-order chi connectivity index (χ1) is 8.01. The Kier molecular flexibility index (Phi) is 4.96. The summed E-state index contributed by atoms with van der Waals surface area (Å²) in [5.41, 5.74) is 6.14. The zero-order chi connectivity index (χ0) is 12.9. The summed E-state index contributed by atoms with van der Waals surface area (Å²) in [6.07, 6.45) is 0.806. The summed E-state index contributed by atoms with van der Waals surface area (Å²) in [5, 5.41) is 3.19. The second-order valence-corrected chi connectivity index (χ2v) is 6.27. The second kappa shape index (κ2) is 6.02. The van der Waals surface area contributed by atoms with Gasteiger partial charge in [-0.1, -0.05) is 19.1 Å². The molecule has 0 aromatic heterocycles. The van der Waals surface area contributed by atoms with Crippen LogP contribution >= 0.6 is 0 Å². The maximum absolute atomic E-state index is 11.9. The van der Waals surface area contributed by atoms with E-state index in [-0.39, 0.29) is 11.8 Å². The fraction of sp³-hybridized carbons (Fsp3) is 0.500. The highest BCUT2D eigenvalue weighted by molar-refractivity contribution is 7.91. The van der Waals surface area contributed by atoms with E-state index >= 15 is 0 Å². The average molecular weight is 256 g/mol. The van der Waals surface area contributed by atoms with Crippen LogP contribution in [-0.4, -0.2) is 26.8 Å². The molecule has 0 spiro atoms. The second-order valence-electron chi connectivity index (χ2n) is 4.02. The fourth-order valence-electron chi connectivity index (χ4n) is 1.60. The predicted octanol–water partition coefficient (Wildman–Crippen LogP) is 1.63. The normalized spacial score (nSPS) is 13.4. The van der Waals surface area contributed by atoms with Gasteiger partial charge in [0.15, 0.2) is 9.84 Å². The van der Waals surface area contributed by atoms with E-state index in [4.69, 9.17) is 5.73 Å². The number of benzene rings is 1. The zero-order valence-electron chi connectivity index (χ0n) is 10.3. The predicted molar refractivity (Wildman–Crippen MR) is 70.9 cm³/mol. The van der Waals surface area contributed by atoms with Crippen molar-refractivity contribution < 1.29 is 8.42 Å². The molecule has 1 rings (SSSR count). The molecule has 17 heavy (non-hydrogen) atoms. The molecule has 4 nitrogen and oxygen atoms in total. The zero-order valence-corrected chi connectivity index (χ0v) is 11.1. The van der Waals surface area contributed by atoms with E-state index in [0.717, 1.165) is 6.42 Å². The van der Waals surface area contributed by atoms with Gasteiger partial charge in [0.1, 0.15) is 0 Å². The van der Waals surface area contributed by atoms with Gasteiger partial charge in [0, 0.05) is 6.04 Å². The monoisotopic (exact) mass is 256 g/mol. The molecule has 0 fully saturated rings. The van der Waals surface area contributed by atoms with Gasteiger partial charge < -0.3 is 11.1 Å². The van der Waals surface area contributed by atoms with E-state index < -0.39 is 9.84 Å². The van der Waals surface area contributed by atoms with Crippen LogP contribution in [0.1, 0.15) is 20.3 Å². The minimum Gasteiger partial charge on any atom is -0.381 e. The van der Waals surface area contributed by atoms with Gasteiger partial charge in [-0.15, -0.1) is 0 Å². The smallest absolute Gasteiger partial charge is 0.180 e. The van der Waals surface area contributed by atoms with Crippen LogP contribution in [0.25, 0.3) is 0 Å². The summed E-state index contributed by atoms with van der Waals surface area (Å²) >= 11 is 0. The van der Waals surface area contributed by atoms with Crippen molar-refractivity contribution >= 4 is 15.5 Å². The summed E-state index contributed by atoms with van der Waals surface area (Å²) in [7, 11) is -3.18. The highest BCUT2D eigenvalue weighted by Crippen LogP contribution is 2.22. The Bertz CT molecular complexity index is 457. The van der Waals surface area contributed by atoms with Crippen LogP contribution in [0.3, 0.4) is 0 Å². The van der Waals surface area contributed by atoms with Gasteiger partial charge in [-0.25, -0.2) is 8.42 Å². The van der Waals surface area contributed by atoms with E-state index in [2.05, 4.69) is 5.32 Å². The van der Waals surface area contributed by atoms with E-state index in [9.17, 15) is 8.42 Å². The van der Waals surface area contributed by atoms with E-state index in [0.29, 0.717) is 17.1 Å².